The first-order valence-corrected chi connectivity index (χ1v) is 12.5. The molecule has 0 saturated carbocycles. The number of carboxylic acid groups (broad SMARTS) is 1. The molecular formula is C27H27N3O5S. The Labute approximate surface area is 212 Å². The number of benzene rings is 1. The van der Waals surface area contributed by atoms with Crippen LogP contribution in [0.1, 0.15) is 51.6 Å². The van der Waals surface area contributed by atoms with E-state index >= 15 is 0 Å². The van der Waals surface area contributed by atoms with Crippen molar-refractivity contribution in [1.82, 2.24) is 9.38 Å². The Balaban J connectivity index is 1.96. The van der Waals surface area contributed by atoms with Gasteiger partial charge in [0.25, 0.3) is 11.7 Å². The van der Waals surface area contributed by atoms with Gasteiger partial charge in [-0.3, -0.25) is 9.59 Å². The minimum atomic E-state index is -1.18. The van der Waals surface area contributed by atoms with Gasteiger partial charge in [0.15, 0.2) is 6.61 Å². The van der Waals surface area contributed by atoms with Gasteiger partial charge in [-0.1, -0.05) is 38.1 Å². The Bertz CT molecular complexity index is 1480. The summed E-state index contributed by atoms with van der Waals surface area (Å²) < 4.78 is 7.26. The third-order valence-electron chi connectivity index (χ3n) is 6.00. The number of fused-ring (bicyclic) bond motifs is 1. The van der Waals surface area contributed by atoms with Crippen LogP contribution in [-0.2, 0) is 28.9 Å². The third kappa shape index (κ3) is 4.74. The smallest absolute Gasteiger partial charge is 0.341 e. The fourth-order valence-electron chi connectivity index (χ4n) is 4.45. The Morgan fingerprint density at radius 3 is 2.50 bits per heavy atom. The van der Waals surface area contributed by atoms with Crippen molar-refractivity contribution in [3.8, 4) is 16.3 Å². The summed E-state index contributed by atoms with van der Waals surface area (Å²) >= 11 is 1.74. The lowest BCUT2D eigenvalue weighted by Crippen LogP contribution is -2.24. The molecule has 0 radical (unpaired) electrons. The SMILES string of the molecule is CCc1ccc(-c2ccccc2Cc2c(CC)c(C(=O)C(N)=O)c3c(OCC(=O)O)nc(C)cn23)s1. The molecule has 36 heavy (non-hydrogen) atoms. The van der Waals surface area contributed by atoms with E-state index in [2.05, 4.69) is 30.1 Å². The number of nitrogens with two attached hydrogens (primary N) is 1. The molecule has 0 aliphatic heterocycles. The fraction of sp³-hybridized carbons (Fsp3) is 0.259. The molecule has 0 spiro atoms. The maximum atomic E-state index is 13.0. The molecule has 0 saturated heterocycles. The fourth-order valence-corrected chi connectivity index (χ4v) is 5.46. The molecule has 4 rings (SSSR count). The van der Waals surface area contributed by atoms with Crippen LogP contribution in [0.25, 0.3) is 16.0 Å². The molecule has 3 heterocycles. The highest BCUT2D eigenvalue weighted by molar-refractivity contribution is 7.15. The van der Waals surface area contributed by atoms with E-state index in [1.54, 1.807) is 28.9 Å². The minimum Gasteiger partial charge on any atom is -0.479 e. The van der Waals surface area contributed by atoms with Crippen molar-refractivity contribution < 1.29 is 24.2 Å². The van der Waals surface area contributed by atoms with E-state index in [0.29, 0.717) is 24.1 Å². The molecule has 3 aromatic heterocycles. The number of ketones is 1. The topological polar surface area (TPSA) is 124 Å². The zero-order chi connectivity index (χ0) is 26.0. The molecule has 0 atom stereocenters. The number of amides is 1. The molecule has 0 aliphatic carbocycles. The molecule has 0 aliphatic rings. The highest BCUT2D eigenvalue weighted by Gasteiger charge is 2.29. The molecule has 0 fully saturated rings. The van der Waals surface area contributed by atoms with E-state index in [4.69, 9.17) is 15.6 Å². The second-order valence-electron chi connectivity index (χ2n) is 8.39. The number of carbonyl (C=O) groups is 3. The Morgan fingerprint density at radius 2 is 1.86 bits per heavy atom. The number of primary amides is 1. The highest BCUT2D eigenvalue weighted by Crippen LogP contribution is 2.36. The van der Waals surface area contributed by atoms with Crippen LogP contribution in [0.2, 0.25) is 0 Å². The molecule has 9 heteroatoms. The maximum absolute atomic E-state index is 13.0. The van der Waals surface area contributed by atoms with Crippen molar-refractivity contribution >= 4 is 34.5 Å². The van der Waals surface area contributed by atoms with Crippen LogP contribution in [0.15, 0.2) is 42.6 Å². The first kappa shape index (κ1) is 25.1. The summed E-state index contributed by atoms with van der Waals surface area (Å²) in [5, 5.41) is 9.14. The van der Waals surface area contributed by atoms with E-state index in [9.17, 15) is 14.4 Å². The lowest BCUT2D eigenvalue weighted by atomic mass is 9.96. The largest absolute Gasteiger partial charge is 0.479 e. The average Bonchev–Trinajstić information content (AvgIpc) is 3.45. The van der Waals surface area contributed by atoms with Crippen molar-refractivity contribution in [1.29, 1.82) is 0 Å². The van der Waals surface area contributed by atoms with Crippen LogP contribution < -0.4 is 10.5 Å². The average molecular weight is 506 g/mol. The van der Waals surface area contributed by atoms with Gasteiger partial charge in [-0.2, -0.15) is 0 Å². The van der Waals surface area contributed by atoms with Gasteiger partial charge in [-0.15, -0.1) is 11.3 Å². The zero-order valence-corrected chi connectivity index (χ0v) is 21.1. The van der Waals surface area contributed by atoms with E-state index in [1.807, 2.05) is 25.1 Å². The molecule has 1 aromatic carbocycles. The first-order chi connectivity index (χ1) is 17.2. The van der Waals surface area contributed by atoms with Gasteiger partial charge >= 0.3 is 5.97 Å². The predicted molar refractivity (Wildman–Crippen MR) is 138 cm³/mol. The van der Waals surface area contributed by atoms with Crippen molar-refractivity contribution in [2.45, 2.75) is 40.0 Å². The third-order valence-corrected chi connectivity index (χ3v) is 7.27. The van der Waals surface area contributed by atoms with E-state index in [0.717, 1.165) is 28.1 Å². The predicted octanol–water partition coefficient (Wildman–Crippen LogP) is 4.22. The summed E-state index contributed by atoms with van der Waals surface area (Å²) in [5.41, 5.74) is 9.93. The Hall–Kier alpha value is -3.98. The number of aryl methyl sites for hydroxylation is 2. The standard InChI is InChI=1S/C27H27N3O5S/c1-4-17-10-11-21(36-17)19-9-7-6-8-16(19)12-20-18(5-2)23(25(33)26(28)34)24-27(35-14-22(31)32)29-15(3)13-30(20)24/h6-11,13H,4-5,12,14H2,1-3H3,(H2,28,34)(H,31,32). The van der Waals surface area contributed by atoms with Gasteiger partial charge < -0.3 is 20.0 Å². The highest BCUT2D eigenvalue weighted by atomic mass is 32.1. The van der Waals surface area contributed by atoms with Gasteiger partial charge in [-0.05, 0) is 48.6 Å². The number of Topliss-reactive ketones (excluding diaryl/α,β-unsaturated/α-hetero) is 1. The molecule has 1 amide bonds. The van der Waals surface area contributed by atoms with Crippen LogP contribution in [0.5, 0.6) is 5.88 Å². The Morgan fingerprint density at radius 1 is 1.11 bits per heavy atom. The number of aliphatic carboxylic acids is 1. The van der Waals surface area contributed by atoms with E-state index in [1.165, 1.54) is 4.88 Å². The number of hydrogen-bond acceptors (Lipinski definition) is 6. The number of hydrogen-bond donors (Lipinski definition) is 2. The summed E-state index contributed by atoms with van der Waals surface area (Å²) in [4.78, 5) is 43.0. The summed E-state index contributed by atoms with van der Waals surface area (Å²) in [7, 11) is 0. The molecule has 0 unspecified atom stereocenters. The number of nitrogens with zero attached hydrogens (tertiary/aromatic N) is 2. The van der Waals surface area contributed by atoms with Crippen molar-refractivity contribution in [2.75, 3.05) is 6.61 Å². The molecule has 4 aromatic rings. The van der Waals surface area contributed by atoms with Crippen molar-refractivity contribution in [3.05, 3.63) is 75.6 Å². The van der Waals surface area contributed by atoms with Gasteiger partial charge in [0.2, 0.25) is 5.88 Å². The normalized spacial score (nSPS) is 11.1. The van der Waals surface area contributed by atoms with E-state index in [-0.39, 0.29) is 17.0 Å². The summed E-state index contributed by atoms with van der Waals surface area (Å²) in [6, 6.07) is 12.3. The van der Waals surface area contributed by atoms with Gasteiger partial charge in [0.1, 0.15) is 5.52 Å². The van der Waals surface area contributed by atoms with Crippen molar-refractivity contribution in [3.63, 3.8) is 0 Å². The summed E-state index contributed by atoms with van der Waals surface area (Å²) in [6.45, 7) is 5.13. The number of carbonyl (C=O) groups excluding carboxylic acids is 2. The number of rotatable bonds is 10. The Kier molecular flexibility index (Phi) is 7.21. The van der Waals surface area contributed by atoms with Crippen LogP contribution in [0.3, 0.4) is 0 Å². The van der Waals surface area contributed by atoms with E-state index < -0.39 is 24.3 Å². The monoisotopic (exact) mass is 505 g/mol. The summed E-state index contributed by atoms with van der Waals surface area (Å²) in [5.74, 6) is -3.17. The van der Waals surface area contributed by atoms with Crippen LogP contribution >= 0.6 is 11.3 Å². The molecule has 8 nitrogen and oxygen atoms in total. The second-order valence-corrected chi connectivity index (χ2v) is 9.56. The van der Waals surface area contributed by atoms with Gasteiger partial charge in [-0.25, -0.2) is 9.78 Å². The minimum absolute atomic E-state index is 0.0259. The quantitative estimate of drug-likeness (QED) is 0.246. The lowest BCUT2D eigenvalue weighted by molar-refractivity contribution is -0.139. The number of thiophene rings is 1. The van der Waals surface area contributed by atoms with Crippen molar-refractivity contribution in [2.24, 2.45) is 5.73 Å². The van der Waals surface area contributed by atoms with Crippen LogP contribution in [0.4, 0.5) is 0 Å². The zero-order valence-electron chi connectivity index (χ0n) is 20.3. The second kappa shape index (κ2) is 10.3. The van der Waals surface area contributed by atoms with Crippen LogP contribution in [0, 0.1) is 6.92 Å². The molecule has 3 N–H and O–H groups in total. The number of aromatic nitrogens is 2. The number of carboxylic acids is 1. The van der Waals surface area contributed by atoms with Gasteiger partial charge in [0, 0.05) is 28.1 Å². The maximum Gasteiger partial charge on any atom is 0.341 e. The molecular weight excluding hydrogens is 478 g/mol. The number of ether oxygens (including phenoxy) is 1. The molecule has 186 valence electrons. The van der Waals surface area contributed by atoms with Gasteiger partial charge in [0.05, 0.1) is 11.3 Å². The lowest BCUT2D eigenvalue weighted by Gasteiger charge is -2.12. The molecule has 0 bridgehead atoms. The van der Waals surface area contributed by atoms with Crippen LogP contribution in [-0.4, -0.2) is 38.8 Å². The first-order valence-electron chi connectivity index (χ1n) is 11.6. The summed E-state index contributed by atoms with van der Waals surface area (Å²) in [6.07, 6.45) is 3.63.